The summed E-state index contributed by atoms with van der Waals surface area (Å²) in [5.41, 5.74) is 9.55. The summed E-state index contributed by atoms with van der Waals surface area (Å²) in [6.07, 6.45) is 4.40. The van der Waals surface area contributed by atoms with Crippen molar-refractivity contribution in [2.75, 3.05) is 16.4 Å². The van der Waals surface area contributed by atoms with Crippen molar-refractivity contribution in [3.63, 3.8) is 0 Å². The Morgan fingerprint density at radius 1 is 1.43 bits per heavy atom. The van der Waals surface area contributed by atoms with Gasteiger partial charge in [0.25, 0.3) is 0 Å². The first-order valence-electron chi connectivity index (χ1n) is 7.48. The number of amides is 1. The highest BCUT2D eigenvalue weighted by Gasteiger charge is 2.23. The molecule has 1 aliphatic carbocycles. The lowest BCUT2D eigenvalue weighted by molar-refractivity contribution is -0.114. The summed E-state index contributed by atoms with van der Waals surface area (Å²) in [6.45, 7) is 1.52. The molecule has 0 saturated heterocycles. The van der Waals surface area contributed by atoms with E-state index in [9.17, 15) is 4.79 Å². The molecular weight excluding hydrogens is 314 g/mol. The first-order valence-corrected chi connectivity index (χ1v) is 7.86. The Labute approximate surface area is 139 Å². The molecule has 0 fully saturated rings. The van der Waals surface area contributed by atoms with Crippen molar-refractivity contribution in [2.45, 2.75) is 32.2 Å². The van der Waals surface area contributed by atoms with Crippen molar-refractivity contribution >= 4 is 34.7 Å². The van der Waals surface area contributed by atoms with Gasteiger partial charge >= 0.3 is 0 Å². The zero-order valence-electron chi connectivity index (χ0n) is 12.8. The fraction of sp³-hybridized carbons (Fsp3) is 0.312. The van der Waals surface area contributed by atoms with Crippen LogP contribution in [0.5, 0.6) is 0 Å². The molecule has 0 aliphatic heterocycles. The van der Waals surface area contributed by atoms with Crippen LogP contribution >= 0.6 is 11.6 Å². The largest absolute Gasteiger partial charge is 0.394 e. The predicted octanol–water partition coefficient (Wildman–Crippen LogP) is 3.16. The topological polar surface area (TPSA) is 92.9 Å². The summed E-state index contributed by atoms with van der Waals surface area (Å²) in [7, 11) is 0. The third kappa shape index (κ3) is 3.37. The van der Waals surface area contributed by atoms with Gasteiger partial charge in [0.1, 0.15) is 0 Å². The molecule has 1 aliphatic rings. The minimum Gasteiger partial charge on any atom is -0.394 e. The van der Waals surface area contributed by atoms with Crippen LogP contribution in [0.25, 0.3) is 0 Å². The molecule has 1 unspecified atom stereocenters. The molecule has 23 heavy (non-hydrogen) atoms. The van der Waals surface area contributed by atoms with Crippen LogP contribution in [0.4, 0.5) is 17.2 Å². The molecule has 4 N–H and O–H groups in total. The second-order valence-electron chi connectivity index (χ2n) is 5.59. The third-order valence-electron chi connectivity index (χ3n) is 3.92. The lowest BCUT2D eigenvalue weighted by Crippen LogP contribution is -2.20. The summed E-state index contributed by atoms with van der Waals surface area (Å²) < 4.78 is 0. The Morgan fingerprint density at radius 3 is 3.04 bits per heavy atom. The van der Waals surface area contributed by atoms with E-state index in [0.717, 1.165) is 36.1 Å². The van der Waals surface area contributed by atoms with E-state index in [1.807, 2.05) is 12.1 Å². The van der Waals surface area contributed by atoms with E-state index < -0.39 is 0 Å². The number of aromatic nitrogens is 2. The van der Waals surface area contributed by atoms with E-state index >= 15 is 0 Å². The van der Waals surface area contributed by atoms with Crippen molar-refractivity contribution in [2.24, 2.45) is 0 Å². The average Bonchev–Trinajstić information content (AvgIpc) is 2.51. The molecule has 7 heteroatoms. The summed E-state index contributed by atoms with van der Waals surface area (Å²) >= 11 is 5.85. The van der Waals surface area contributed by atoms with Crippen LogP contribution in [0, 0.1) is 0 Å². The van der Waals surface area contributed by atoms with Crippen molar-refractivity contribution in [1.82, 2.24) is 9.97 Å². The SMILES string of the molecule is CC(=O)Nc1cccc2c1CCCC2Nc1nc(Cl)ncc1N. The van der Waals surface area contributed by atoms with E-state index in [4.69, 9.17) is 17.3 Å². The molecular formula is C16H18ClN5O. The van der Waals surface area contributed by atoms with Gasteiger partial charge < -0.3 is 16.4 Å². The number of nitrogen functional groups attached to an aromatic ring is 1. The Bertz CT molecular complexity index is 749. The van der Waals surface area contributed by atoms with Crippen molar-refractivity contribution in [3.8, 4) is 0 Å². The minimum atomic E-state index is -0.0692. The number of nitrogens with zero attached hydrogens (tertiary/aromatic N) is 2. The standard InChI is InChI=1S/C16H18ClN5O/c1-9(23)20-13-6-2-5-11-10(13)4-3-7-14(11)21-15-12(18)8-19-16(17)22-15/h2,5-6,8,14H,3-4,7,18H2,1H3,(H,20,23)(H,19,21,22). The number of anilines is 3. The van der Waals surface area contributed by atoms with E-state index in [-0.39, 0.29) is 17.2 Å². The molecule has 0 radical (unpaired) electrons. The van der Waals surface area contributed by atoms with Crippen LogP contribution in [0.15, 0.2) is 24.4 Å². The van der Waals surface area contributed by atoms with E-state index in [2.05, 4.69) is 26.7 Å². The molecule has 6 nitrogen and oxygen atoms in total. The highest BCUT2D eigenvalue weighted by molar-refractivity contribution is 6.28. The lowest BCUT2D eigenvalue weighted by Gasteiger charge is -2.28. The number of fused-ring (bicyclic) bond motifs is 1. The number of halogens is 1. The molecule has 1 atom stereocenters. The van der Waals surface area contributed by atoms with Gasteiger partial charge in [-0.25, -0.2) is 4.98 Å². The van der Waals surface area contributed by atoms with Crippen molar-refractivity contribution in [1.29, 1.82) is 0 Å². The van der Waals surface area contributed by atoms with Crippen LogP contribution in [0.2, 0.25) is 5.28 Å². The molecule has 0 saturated carbocycles. The van der Waals surface area contributed by atoms with Gasteiger partial charge in [-0.2, -0.15) is 4.98 Å². The number of hydrogen-bond acceptors (Lipinski definition) is 5. The van der Waals surface area contributed by atoms with E-state index in [0.29, 0.717) is 11.5 Å². The van der Waals surface area contributed by atoms with Gasteiger partial charge in [0.15, 0.2) is 5.82 Å². The number of hydrogen-bond donors (Lipinski definition) is 3. The lowest BCUT2D eigenvalue weighted by atomic mass is 9.86. The molecule has 0 spiro atoms. The zero-order valence-corrected chi connectivity index (χ0v) is 13.5. The number of carbonyl (C=O) groups excluding carboxylic acids is 1. The van der Waals surface area contributed by atoms with Crippen LogP contribution in [0.1, 0.15) is 36.9 Å². The molecule has 2 aromatic rings. The molecule has 120 valence electrons. The molecule has 1 heterocycles. The monoisotopic (exact) mass is 331 g/mol. The smallest absolute Gasteiger partial charge is 0.224 e. The number of nitrogens with one attached hydrogen (secondary N) is 2. The van der Waals surface area contributed by atoms with Gasteiger partial charge in [0.05, 0.1) is 17.9 Å². The zero-order chi connectivity index (χ0) is 16.4. The number of benzene rings is 1. The Kier molecular flexibility index (Phi) is 4.34. The molecule has 1 aromatic carbocycles. The highest BCUT2D eigenvalue weighted by Crippen LogP contribution is 2.36. The van der Waals surface area contributed by atoms with Gasteiger partial charge in [-0.1, -0.05) is 12.1 Å². The van der Waals surface area contributed by atoms with Gasteiger partial charge in [0.2, 0.25) is 11.2 Å². The maximum absolute atomic E-state index is 11.4. The van der Waals surface area contributed by atoms with Crippen molar-refractivity contribution < 1.29 is 4.79 Å². The summed E-state index contributed by atoms with van der Waals surface area (Å²) in [5.74, 6) is 0.466. The first-order chi connectivity index (χ1) is 11.0. The van der Waals surface area contributed by atoms with Crippen molar-refractivity contribution in [3.05, 3.63) is 40.8 Å². The molecule has 1 aromatic heterocycles. The van der Waals surface area contributed by atoms with Gasteiger partial charge in [-0.15, -0.1) is 0 Å². The van der Waals surface area contributed by atoms with Crippen LogP contribution < -0.4 is 16.4 Å². The molecule has 1 amide bonds. The Hall–Kier alpha value is -2.34. The maximum atomic E-state index is 11.4. The van der Waals surface area contributed by atoms with E-state index in [1.54, 1.807) is 0 Å². The minimum absolute atomic E-state index is 0.0692. The quantitative estimate of drug-likeness (QED) is 0.751. The fourth-order valence-corrected chi connectivity index (χ4v) is 3.09. The third-order valence-corrected chi connectivity index (χ3v) is 4.10. The summed E-state index contributed by atoms with van der Waals surface area (Å²) in [6, 6.07) is 6.01. The number of nitrogens with two attached hydrogens (primary N) is 1. The van der Waals surface area contributed by atoms with Crippen LogP contribution in [0.3, 0.4) is 0 Å². The summed E-state index contributed by atoms with van der Waals surface area (Å²) in [5, 5.41) is 6.41. The predicted molar refractivity (Wildman–Crippen MR) is 91.5 cm³/mol. The Morgan fingerprint density at radius 2 is 2.26 bits per heavy atom. The second-order valence-corrected chi connectivity index (χ2v) is 5.92. The van der Waals surface area contributed by atoms with Crippen LogP contribution in [-0.4, -0.2) is 15.9 Å². The molecule has 0 bridgehead atoms. The Balaban J connectivity index is 1.92. The fourth-order valence-electron chi connectivity index (χ4n) is 2.96. The van der Waals surface area contributed by atoms with Gasteiger partial charge in [-0.05, 0) is 48.1 Å². The van der Waals surface area contributed by atoms with Gasteiger partial charge in [0, 0.05) is 12.6 Å². The highest BCUT2D eigenvalue weighted by atomic mass is 35.5. The average molecular weight is 332 g/mol. The van der Waals surface area contributed by atoms with E-state index in [1.165, 1.54) is 13.1 Å². The maximum Gasteiger partial charge on any atom is 0.224 e. The summed E-state index contributed by atoms with van der Waals surface area (Å²) in [4.78, 5) is 19.4. The second kappa shape index (κ2) is 6.42. The van der Waals surface area contributed by atoms with Gasteiger partial charge in [-0.3, -0.25) is 4.79 Å². The first kappa shape index (κ1) is 15.6. The molecule has 3 rings (SSSR count). The number of rotatable bonds is 3. The number of carbonyl (C=O) groups is 1. The van der Waals surface area contributed by atoms with Crippen LogP contribution in [-0.2, 0) is 11.2 Å². The normalized spacial score (nSPS) is 16.5.